The van der Waals surface area contributed by atoms with E-state index in [-0.39, 0.29) is 6.42 Å². The molecule has 0 aliphatic rings. The predicted molar refractivity (Wildman–Crippen MR) is 160 cm³/mol. The van der Waals surface area contributed by atoms with Gasteiger partial charge in [0.15, 0.2) is 0 Å². The number of aromatic nitrogens is 1. The van der Waals surface area contributed by atoms with Gasteiger partial charge in [0.1, 0.15) is 6.04 Å². The van der Waals surface area contributed by atoms with Gasteiger partial charge in [-0.25, -0.2) is 9.59 Å². The third-order valence-electron chi connectivity index (χ3n) is 6.92. The highest BCUT2D eigenvalue weighted by Gasteiger charge is 2.36. The average Bonchev–Trinajstić information content (AvgIpc) is 2.95. The maximum atomic E-state index is 13.4. The molecule has 3 aromatic rings. The number of hydrogen-bond acceptors (Lipinski definition) is 6. The van der Waals surface area contributed by atoms with Crippen molar-refractivity contribution in [3.63, 3.8) is 0 Å². The summed E-state index contributed by atoms with van der Waals surface area (Å²) in [5, 5.41) is 29.0. The Hall–Kier alpha value is -4.44. The SMILES string of the molecule is COC(=O)N[C@H](C(=O)N[C@@H](Cc1ccccc1)[C@@H](O)C[C@H](Cc1ccc(-c2ccccn2)cc1)NC(=O)O)C(C)(C)C. The van der Waals surface area contributed by atoms with Crippen LogP contribution in [-0.2, 0) is 22.4 Å². The summed E-state index contributed by atoms with van der Waals surface area (Å²) < 4.78 is 4.71. The number of methoxy groups -OCH3 is 1. The van der Waals surface area contributed by atoms with Gasteiger partial charge < -0.3 is 30.9 Å². The Morgan fingerprint density at radius 2 is 1.50 bits per heavy atom. The van der Waals surface area contributed by atoms with Gasteiger partial charge in [0.25, 0.3) is 0 Å². The van der Waals surface area contributed by atoms with E-state index in [1.165, 1.54) is 7.11 Å². The first-order valence-corrected chi connectivity index (χ1v) is 13.8. The molecule has 5 N–H and O–H groups in total. The van der Waals surface area contributed by atoms with Gasteiger partial charge in [-0.05, 0) is 47.9 Å². The lowest BCUT2D eigenvalue weighted by atomic mass is 9.85. The highest BCUT2D eigenvalue weighted by atomic mass is 16.5. The fourth-order valence-corrected chi connectivity index (χ4v) is 4.72. The van der Waals surface area contributed by atoms with E-state index < -0.39 is 47.7 Å². The first kappa shape index (κ1) is 32.1. The molecule has 0 aliphatic carbocycles. The monoisotopic (exact) mass is 576 g/mol. The number of nitrogens with one attached hydrogen (secondary N) is 3. The lowest BCUT2D eigenvalue weighted by Gasteiger charge is -2.33. The summed E-state index contributed by atoms with van der Waals surface area (Å²) in [5.41, 5.74) is 2.86. The largest absolute Gasteiger partial charge is 0.465 e. The minimum atomic E-state index is -1.21. The number of amides is 3. The van der Waals surface area contributed by atoms with Crippen LogP contribution >= 0.6 is 0 Å². The lowest BCUT2D eigenvalue weighted by Crippen LogP contribution is -2.58. The first-order valence-electron chi connectivity index (χ1n) is 13.8. The van der Waals surface area contributed by atoms with E-state index in [1.807, 2.05) is 93.6 Å². The zero-order chi connectivity index (χ0) is 30.7. The summed E-state index contributed by atoms with van der Waals surface area (Å²) in [6.45, 7) is 5.42. The summed E-state index contributed by atoms with van der Waals surface area (Å²) in [7, 11) is 1.22. The van der Waals surface area contributed by atoms with Crippen molar-refractivity contribution in [2.24, 2.45) is 5.41 Å². The van der Waals surface area contributed by atoms with Crippen molar-refractivity contribution in [1.29, 1.82) is 0 Å². The summed E-state index contributed by atoms with van der Waals surface area (Å²) in [6.07, 6.45) is -0.694. The Labute approximate surface area is 246 Å². The number of aliphatic hydroxyl groups is 1. The Morgan fingerprint density at radius 3 is 2.07 bits per heavy atom. The van der Waals surface area contributed by atoms with Crippen LogP contribution in [0.4, 0.5) is 9.59 Å². The Kier molecular flexibility index (Phi) is 11.4. The van der Waals surface area contributed by atoms with Gasteiger partial charge in [-0.2, -0.15) is 0 Å². The molecular formula is C32H40N4O6. The van der Waals surface area contributed by atoms with Crippen LogP contribution < -0.4 is 16.0 Å². The minimum Gasteiger partial charge on any atom is -0.465 e. The molecule has 0 saturated carbocycles. The summed E-state index contributed by atoms with van der Waals surface area (Å²) in [5.74, 6) is -0.485. The fourth-order valence-electron chi connectivity index (χ4n) is 4.72. The second kappa shape index (κ2) is 15.0. The van der Waals surface area contributed by atoms with Crippen LogP contribution in [0.3, 0.4) is 0 Å². The molecule has 10 nitrogen and oxygen atoms in total. The van der Waals surface area contributed by atoms with E-state index in [9.17, 15) is 24.6 Å². The zero-order valence-electron chi connectivity index (χ0n) is 24.4. The molecule has 0 radical (unpaired) electrons. The highest BCUT2D eigenvalue weighted by Crippen LogP contribution is 2.22. The standard InChI is InChI=1S/C32H40N4O6/c1-32(2,3)28(36-31(41)42-4)29(38)35-26(19-21-10-6-5-7-11-21)27(37)20-24(34-30(39)40)18-22-13-15-23(16-14-22)25-12-8-9-17-33-25/h5-17,24,26-28,34,37H,18-20H2,1-4H3,(H,35,38)(H,36,41)(H,39,40)/t24-,26-,27-,28+/m0/s1. The van der Waals surface area contributed by atoms with Gasteiger partial charge in [-0.15, -0.1) is 0 Å². The molecule has 2 aromatic carbocycles. The van der Waals surface area contributed by atoms with Crippen molar-refractivity contribution < 1.29 is 29.3 Å². The van der Waals surface area contributed by atoms with E-state index in [0.29, 0.717) is 12.8 Å². The third-order valence-corrected chi connectivity index (χ3v) is 6.92. The number of pyridine rings is 1. The topological polar surface area (TPSA) is 150 Å². The van der Waals surface area contributed by atoms with Crippen LogP contribution in [-0.4, -0.2) is 64.6 Å². The molecule has 10 heteroatoms. The molecule has 0 fully saturated rings. The smallest absolute Gasteiger partial charge is 0.407 e. The molecule has 0 spiro atoms. The number of hydrogen-bond donors (Lipinski definition) is 5. The zero-order valence-corrected chi connectivity index (χ0v) is 24.4. The molecule has 224 valence electrons. The molecular weight excluding hydrogens is 536 g/mol. The minimum absolute atomic E-state index is 0.0384. The van der Waals surface area contributed by atoms with Crippen LogP contribution in [0.15, 0.2) is 79.0 Å². The van der Waals surface area contributed by atoms with E-state index >= 15 is 0 Å². The number of nitrogens with zero attached hydrogens (tertiary/aromatic N) is 1. The molecule has 0 saturated heterocycles. The maximum absolute atomic E-state index is 13.4. The molecule has 0 aliphatic heterocycles. The second-order valence-electron chi connectivity index (χ2n) is 11.3. The molecule has 0 bridgehead atoms. The van der Waals surface area contributed by atoms with Crippen molar-refractivity contribution >= 4 is 18.1 Å². The number of alkyl carbamates (subject to hydrolysis) is 1. The van der Waals surface area contributed by atoms with Crippen LogP contribution in [0.1, 0.15) is 38.3 Å². The fraction of sp³-hybridized carbons (Fsp3) is 0.375. The van der Waals surface area contributed by atoms with Crippen LogP contribution in [0.5, 0.6) is 0 Å². The van der Waals surface area contributed by atoms with Crippen molar-refractivity contribution in [2.45, 2.75) is 64.3 Å². The van der Waals surface area contributed by atoms with Crippen LogP contribution in [0, 0.1) is 5.41 Å². The van der Waals surface area contributed by atoms with Crippen molar-refractivity contribution in [1.82, 2.24) is 20.9 Å². The number of benzene rings is 2. The molecule has 3 amide bonds. The number of carbonyl (C=O) groups excluding carboxylic acids is 2. The van der Waals surface area contributed by atoms with Gasteiger partial charge in [-0.3, -0.25) is 9.78 Å². The van der Waals surface area contributed by atoms with Gasteiger partial charge in [0, 0.05) is 17.8 Å². The molecule has 0 unspecified atom stereocenters. The Morgan fingerprint density at radius 1 is 0.857 bits per heavy atom. The first-order chi connectivity index (χ1) is 20.0. The van der Waals surface area contributed by atoms with Crippen LogP contribution in [0.2, 0.25) is 0 Å². The molecule has 42 heavy (non-hydrogen) atoms. The molecule has 4 atom stereocenters. The van der Waals surface area contributed by atoms with E-state index in [2.05, 4.69) is 20.9 Å². The maximum Gasteiger partial charge on any atom is 0.407 e. The second-order valence-corrected chi connectivity index (χ2v) is 11.3. The van der Waals surface area contributed by atoms with Gasteiger partial charge in [0.05, 0.1) is 24.9 Å². The summed E-state index contributed by atoms with van der Waals surface area (Å²) in [4.78, 5) is 41.4. The lowest BCUT2D eigenvalue weighted by molar-refractivity contribution is -0.127. The predicted octanol–water partition coefficient (Wildman–Crippen LogP) is 4.18. The molecule has 3 rings (SSSR count). The number of ether oxygens (including phenoxy) is 1. The average molecular weight is 577 g/mol. The number of rotatable bonds is 12. The quantitative estimate of drug-likeness (QED) is 0.217. The van der Waals surface area contributed by atoms with Gasteiger partial charge >= 0.3 is 12.2 Å². The normalized spacial score (nSPS) is 14.1. The summed E-state index contributed by atoms with van der Waals surface area (Å²) >= 11 is 0. The van der Waals surface area contributed by atoms with Crippen LogP contribution in [0.25, 0.3) is 11.3 Å². The van der Waals surface area contributed by atoms with E-state index in [1.54, 1.807) is 6.20 Å². The number of carboxylic acid groups (broad SMARTS) is 1. The summed E-state index contributed by atoms with van der Waals surface area (Å²) in [6, 6.07) is 20.3. The molecule has 1 heterocycles. The molecule has 1 aromatic heterocycles. The van der Waals surface area contributed by atoms with E-state index in [4.69, 9.17) is 4.74 Å². The highest BCUT2D eigenvalue weighted by molar-refractivity contribution is 5.86. The Balaban J connectivity index is 1.80. The van der Waals surface area contributed by atoms with Crippen molar-refractivity contribution in [2.75, 3.05) is 7.11 Å². The van der Waals surface area contributed by atoms with Gasteiger partial charge in [-0.1, -0.05) is 81.4 Å². The number of aliphatic hydroxyl groups excluding tert-OH is 1. The third kappa shape index (κ3) is 9.88. The number of carbonyl (C=O) groups is 3. The van der Waals surface area contributed by atoms with Crippen molar-refractivity contribution in [3.05, 3.63) is 90.1 Å². The Bertz CT molecular complexity index is 1300. The van der Waals surface area contributed by atoms with Gasteiger partial charge in [0.2, 0.25) is 5.91 Å². The van der Waals surface area contributed by atoms with E-state index in [0.717, 1.165) is 22.4 Å². The van der Waals surface area contributed by atoms with Crippen molar-refractivity contribution in [3.8, 4) is 11.3 Å².